The van der Waals surface area contributed by atoms with Gasteiger partial charge in [0.2, 0.25) is 0 Å². The molecule has 1 fully saturated rings. The molecule has 1 heterocycles. The highest BCUT2D eigenvalue weighted by atomic mass is 32.1. The van der Waals surface area contributed by atoms with E-state index in [2.05, 4.69) is 16.8 Å². The second-order valence-electron chi connectivity index (χ2n) is 4.43. The summed E-state index contributed by atoms with van der Waals surface area (Å²) in [5.74, 6) is -0.918. The van der Waals surface area contributed by atoms with Gasteiger partial charge in [0.05, 0.1) is 12.3 Å². The molecule has 2 rings (SSSR count). The lowest BCUT2D eigenvalue weighted by atomic mass is 10.4. The summed E-state index contributed by atoms with van der Waals surface area (Å²) in [7, 11) is 1.55. The fourth-order valence-corrected chi connectivity index (χ4v) is 2.93. The predicted molar refractivity (Wildman–Crippen MR) is 70.4 cm³/mol. The number of hydrogen-bond donors (Lipinski definition) is 1. The van der Waals surface area contributed by atoms with Crippen molar-refractivity contribution in [3.63, 3.8) is 0 Å². The van der Waals surface area contributed by atoms with Gasteiger partial charge >= 0.3 is 5.97 Å². The second-order valence-corrected chi connectivity index (χ2v) is 5.41. The van der Waals surface area contributed by atoms with Gasteiger partial charge in [0.1, 0.15) is 4.88 Å². The quantitative estimate of drug-likeness (QED) is 0.824. The highest BCUT2D eigenvalue weighted by molar-refractivity contribution is 7.17. The number of rotatable bonds is 7. The normalized spacial score (nSPS) is 14.8. The molecule has 0 unspecified atom stereocenters. The standard InChI is InChI=1S/C12H18N2O3S/c1-3-6-14(8-4-5-8)12-13-9(7-17-2)10(18-12)11(15)16/h8H,3-7H2,1-2H3,(H,15,16). The number of methoxy groups -OCH3 is 1. The van der Waals surface area contributed by atoms with Crippen LogP contribution in [0.25, 0.3) is 0 Å². The Balaban J connectivity index is 2.26. The molecule has 1 aromatic rings. The third kappa shape index (κ3) is 2.81. The van der Waals surface area contributed by atoms with Crippen LogP contribution in [0.15, 0.2) is 0 Å². The van der Waals surface area contributed by atoms with E-state index < -0.39 is 5.97 Å². The Morgan fingerprint density at radius 2 is 2.33 bits per heavy atom. The van der Waals surface area contributed by atoms with Crippen LogP contribution in [-0.4, -0.2) is 35.8 Å². The van der Waals surface area contributed by atoms with Crippen LogP contribution in [0.1, 0.15) is 41.6 Å². The first kappa shape index (κ1) is 13.3. The number of nitrogens with zero attached hydrogens (tertiary/aromatic N) is 2. The van der Waals surface area contributed by atoms with Crippen molar-refractivity contribution in [2.75, 3.05) is 18.6 Å². The average Bonchev–Trinajstić information content (AvgIpc) is 3.07. The van der Waals surface area contributed by atoms with E-state index in [1.54, 1.807) is 7.11 Å². The van der Waals surface area contributed by atoms with E-state index in [4.69, 9.17) is 9.84 Å². The van der Waals surface area contributed by atoms with E-state index in [1.165, 1.54) is 24.2 Å². The number of aromatic nitrogens is 1. The molecule has 1 aliphatic rings. The highest BCUT2D eigenvalue weighted by Crippen LogP contribution is 2.35. The molecule has 1 N–H and O–H groups in total. The van der Waals surface area contributed by atoms with Crippen molar-refractivity contribution in [3.05, 3.63) is 10.6 Å². The molecule has 100 valence electrons. The summed E-state index contributed by atoms with van der Waals surface area (Å²) < 4.78 is 5.01. The smallest absolute Gasteiger partial charge is 0.347 e. The molecule has 1 aromatic heterocycles. The average molecular weight is 270 g/mol. The van der Waals surface area contributed by atoms with Gasteiger partial charge in [-0.25, -0.2) is 9.78 Å². The molecule has 0 radical (unpaired) electrons. The Morgan fingerprint density at radius 1 is 1.61 bits per heavy atom. The fourth-order valence-electron chi connectivity index (χ4n) is 1.93. The third-order valence-electron chi connectivity index (χ3n) is 2.86. The first-order valence-electron chi connectivity index (χ1n) is 6.16. The summed E-state index contributed by atoms with van der Waals surface area (Å²) in [4.78, 5) is 18.1. The zero-order valence-corrected chi connectivity index (χ0v) is 11.5. The molecule has 6 heteroatoms. The Morgan fingerprint density at radius 3 is 2.83 bits per heavy atom. The molecule has 0 amide bonds. The number of thiazole rings is 1. The maximum atomic E-state index is 11.2. The van der Waals surface area contributed by atoms with Crippen molar-refractivity contribution in [3.8, 4) is 0 Å². The van der Waals surface area contributed by atoms with Crippen LogP contribution in [0.2, 0.25) is 0 Å². The number of carboxylic acids is 1. The predicted octanol–water partition coefficient (Wildman–Crippen LogP) is 2.37. The van der Waals surface area contributed by atoms with Crippen LogP contribution >= 0.6 is 11.3 Å². The van der Waals surface area contributed by atoms with Crippen LogP contribution in [0.3, 0.4) is 0 Å². The first-order valence-corrected chi connectivity index (χ1v) is 6.97. The molecule has 0 bridgehead atoms. The van der Waals surface area contributed by atoms with E-state index in [-0.39, 0.29) is 6.61 Å². The van der Waals surface area contributed by atoms with Crippen molar-refractivity contribution in [2.24, 2.45) is 0 Å². The van der Waals surface area contributed by atoms with Gasteiger partial charge in [-0.2, -0.15) is 0 Å². The van der Waals surface area contributed by atoms with Gasteiger partial charge in [-0.3, -0.25) is 0 Å². The number of aromatic carboxylic acids is 1. The topological polar surface area (TPSA) is 62.7 Å². The minimum absolute atomic E-state index is 0.253. The number of carbonyl (C=O) groups is 1. The highest BCUT2D eigenvalue weighted by Gasteiger charge is 2.31. The van der Waals surface area contributed by atoms with Crippen LogP contribution in [-0.2, 0) is 11.3 Å². The van der Waals surface area contributed by atoms with Gasteiger partial charge in [-0.15, -0.1) is 0 Å². The largest absolute Gasteiger partial charge is 0.477 e. The molecule has 0 aromatic carbocycles. The number of anilines is 1. The maximum absolute atomic E-state index is 11.2. The molecule has 0 spiro atoms. The molecule has 18 heavy (non-hydrogen) atoms. The van der Waals surface area contributed by atoms with E-state index in [9.17, 15) is 4.79 Å². The molecular weight excluding hydrogens is 252 g/mol. The number of hydrogen-bond acceptors (Lipinski definition) is 5. The molecule has 0 saturated heterocycles. The Kier molecular flexibility index (Phi) is 4.19. The summed E-state index contributed by atoms with van der Waals surface area (Å²) >= 11 is 1.26. The SMILES string of the molecule is CCCN(c1nc(COC)c(C(=O)O)s1)C1CC1. The van der Waals surface area contributed by atoms with Crippen LogP contribution in [0.4, 0.5) is 5.13 Å². The van der Waals surface area contributed by atoms with E-state index in [0.29, 0.717) is 16.6 Å². The molecule has 5 nitrogen and oxygen atoms in total. The van der Waals surface area contributed by atoms with Gasteiger partial charge in [-0.1, -0.05) is 18.3 Å². The van der Waals surface area contributed by atoms with E-state index in [0.717, 1.165) is 18.1 Å². The van der Waals surface area contributed by atoms with Crippen LogP contribution < -0.4 is 4.90 Å². The molecular formula is C12H18N2O3S. The van der Waals surface area contributed by atoms with Gasteiger partial charge in [0.25, 0.3) is 0 Å². The minimum Gasteiger partial charge on any atom is -0.477 e. The van der Waals surface area contributed by atoms with Crippen molar-refractivity contribution < 1.29 is 14.6 Å². The Hall–Kier alpha value is -1.14. The molecule has 1 aliphatic carbocycles. The van der Waals surface area contributed by atoms with Crippen LogP contribution in [0, 0.1) is 0 Å². The van der Waals surface area contributed by atoms with Gasteiger partial charge in [0.15, 0.2) is 5.13 Å². The molecule has 0 atom stereocenters. The van der Waals surface area contributed by atoms with Gasteiger partial charge in [-0.05, 0) is 19.3 Å². The summed E-state index contributed by atoms with van der Waals surface area (Å²) in [5, 5.41) is 9.99. The lowest BCUT2D eigenvalue weighted by Crippen LogP contribution is -2.26. The zero-order valence-electron chi connectivity index (χ0n) is 10.7. The first-order chi connectivity index (χ1) is 8.67. The summed E-state index contributed by atoms with van der Waals surface area (Å²) in [6.45, 7) is 3.31. The summed E-state index contributed by atoms with van der Waals surface area (Å²) in [6.07, 6.45) is 3.40. The van der Waals surface area contributed by atoms with Crippen molar-refractivity contribution in [2.45, 2.75) is 38.8 Å². The van der Waals surface area contributed by atoms with E-state index in [1.807, 2.05) is 0 Å². The van der Waals surface area contributed by atoms with Crippen molar-refractivity contribution >= 4 is 22.4 Å². The fraction of sp³-hybridized carbons (Fsp3) is 0.667. The van der Waals surface area contributed by atoms with Crippen molar-refractivity contribution in [1.29, 1.82) is 0 Å². The third-order valence-corrected chi connectivity index (χ3v) is 3.98. The monoisotopic (exact) mass is 270 g/mol. The Labute approximate surface area is 110 Å². The minimum atomic E-state index is -0.918. The number of carboxylic acid groups (broad SMARTS) is 1. The number of ether oxygens (including phenoxy) is 1. The Bertz CT molecular complexity index is 429. The van der Waals surface area contributed by atoms with Gasteiger partial charge < -0.3 is 14.7 Å². The summed E-state index contributed by atoms with van der Waals surface area (Å²) in [6, 6.07) is 0.549. The molecule has 0 aliphatic heterocycles. The van der Waals surface area contributed by atoms with Crippen molar-refractivity contribution in [1.82, 2.24) is 4.98 Å². The second kappa shape index (κ2) is 5.67. The summed E-state index contributed by atoms with van der Waals surface area (Å²) in [5.41, 5.74) is 0.534. The van der Waals surface area contributed by atoms with Crippen LogP contribution in [0.5, 0.6) is 0 Å². The van der Waals surface area contributed by atoms with E-state index >= 15 is 0 Å². The lowest BCUT2D eigenvalue weighted by molar-refractivity contribution is 0.0697. The lowest BCUT2D eigenvalue weighted by Gasteiger charge is -2.20. The van der Waals surface area contributed by atoms with Gasteiger partial charge in [0, 0.05) is 19.7 Å². The maximum Gasteiger partial charge on any atom is 0.347 e. The molecule has 1 saturated carbocycles. The zero-order chi connectivity index (χ0) is 13.1.